The van der Waals surface area contributed by atoms with E-state index >= 15 is 0 Å². The van der Waals surface area contributed by atoms with E-state index in [1.54, 1.807) is 23.1 Å². The number of hydrogen-bond donors (Lipinski definition) is 1. The molecule has 0 bridgehead atoms. The Balaban J connectivity index is 1.52. The summed E-state index contributed by atoms with van der Waals surface area (Å²) in [5.74, 6) is -0.539. The Morgan fingerprint density at radius 3 is 2.38 bits per heavy atom. The fraction of sp³-hybridized carbons (Fsp3) is 0.185. The molecule has 3 aromatic rings. The third-order valence-corrected chi connectivity index (χ3v) is 5.27. The highest BCUT2D eigenvalue weighted by molar-refractivity contribution is 6.03. The average Bonchev–Trinajstić information content (AvgIpc) is 3.61. The maximum atomic E-state index is 13.7. The normalized spacial score (nSPS) is 13.2. The van der Waals surface area contributed by atoms with E-state index in [9.17, 15) is 14.0 Å². The fourth-order valence-corrected chi connectivity index (χ4v) is 3.42. The van der Waals surface area contributed by atoms with Gasteiger partial charge in [-0.05, 0) is 59.9 Å². The van der Waals surface area contributed by atoms with E-state index in [1.165, 1.54) is 18.2 Å². The summed E-state index contributed by atoms with van der Waals surface area (Å²) in [7, 11) is 0. The van der Waals surface area contributed by atoms with Gasteiger partial charge in [0.15, 0.2) is 0 Å². The Hall–Kier alpha value is -3.73. The Bertz CT molecular complexity index is 1110. The summed E-state index contributed by atoms with van der Waals surface area (Å²) < 4.78 is 13.7. The lowest BCUT2D eigenvalue weighted by molar-refractivity contribution is -0.120. The van der Waals surface area contributed by atoms with Crippen molar-refractivity contribution in [1.29, 1.82) is 0 Å². The van der Waals surface area contributed by atoms with Crippen molar-refractivity contribution in [1.82, 2.24) is 5.32 Å². The zero-order chi connectivity index (χ0) is 22.3. The Kier molecular flexibility index (Phi) is 6.75. The van der Waals surface area contributed by atoms with Crippen LogP contribution in [0, 0.1) is 5.82 Å². The standard InChI is InChI=1S/C27H25FN2O2/c28-23-8-4-7-22(17-23)19-30(27(32)16-11-20-5-2-1-3-6-20)25-14-9-21(10-15-25)18-26(31)29-24-12-13-24/h1-11,14-17,24H,12-13,18-19H2,(H,29,31). The number of nitrogens with zero attached hydrogens (tertiary/aromatic N) is 1. The van der Waals surface area contributed by atoms with Gasteiger partial charge in [0, 0.05) is 17.8 Å². The van der Waals surface area contributed by atoms with Crippen LogP contribution in [0.1, 0.15) is 29.5 Å². The second kappa shape index (κ2) is 10.1. The molecule has 1 saturated carbocycles. The number of carbonyl (C=O) groups is 2. The number of benzene rings is 3. The maximum Gasteiger partial charge on any atom is 0.251 e. The molecule has 1 aliphatic carbocycles. The van der Waals surface area contributed by atoms with E-state index in [0.29, 0.717) is 23.7 Å². The Morgan fingerprint density at radius 2 is 1.69 bits per heavy atom. The molecule has 0 radical (unpaired) electrons. The van der Waals surface area contributed by atoms with Gasteiger partial charge in [0.05, 0.1) is 13.0 Å². The molecule has 0 heterocycles. The number of anilines is 1. The number of amides is 2. The lowest BCUT2D eigenvalue weighted by atomic mass is 10.1. The van der Waals surface area contributed by atoms with Crippen LogP contribution >= 0.6 is 0 Å². The first-order valence-electron chi connectivity index (χ1n) is 10.7. The van der Waals surface area contributed by atoms with E-state index < -0.39 is 0 Å². The lowest BCUT2D eigenvalue weighted by Gasteiger charge is -2.22. The van der Waals surface area contributed by atoms with Gasteiger partial charge in [-0.15, -0.1) is 0 Å². The number of nitrogens with one attached hydrogen (secondary N) is 1. The monoisotopic (exact) mass is 428 g/mol. The highest BCUT2D eigenvalue weighted by Crippen LogP contribution is 2.21. The van der Waals surface area contributed by atoms with Crippen LogP contribution in [0.5, 0.6) is 0 Å². The van der Waals surface area contributed by atoms with Crippen LogP contribution in [0.15, 0.2) is 84.9 Å². The van der Waals surface area contributed by atoms with Crippen molar-refractivity contribution >= 4 is 23.6 Å². The summed E-state index contributed by atoms with van der Waals surface area (Å²) in [6, 6.07) is 23.5. The van der Waals surface area contributed by atoms with Gasteiger partial charge in [0.1, 0.15) is 5.82 Å². The molecule has 0 spiro atoms. The van der Waals surface area contributed by atoms with E-state index in [4.69, 9.17) is 0 Å². The van der Waals surface area contributed by atoms with Gasteiger partial charge in [0.2, 0.25) is 5.91 Å². The molecule has 4 rings (SSSR count). The molecule has 3 aromatic carbocycles. The smallest absolute Gasteiger partial charge is 0.251 e. The second-order valence-corrected chi connectivity index (χ2v) is 7.98. The first-order valence-corrected chi connectivity index (χ1v) is 10.7. The number of carbonyl (C=O) groups excluding carboxylic acids is 2. The molecule has 1 fully saturated rings. The van der Waals surface area contributed by atoms with Gasteiger partial charge in [-0.3, -0.25) is 9.59 Å². The minimum absolute atomic E-state index is 0.0127. The molecule has 0 aromatic heterocycles. The van der Waals surface area contributed by atoms with Crippen LogP contribution in [-0.4, -0.2) is 17.9 Å². The third-order valence-electron chi connectivity index (χ3n) is 5.27. The number of halogens is 1. The summed E-state index contributed by atoms with van der Waals surface area (Å²) in [6.07, 6.45) is 5.70. The molecular formula is C27H25FN2O2. The number of rotatable bonds is 8. The van der Waals surface area contributed by atoms with Crippen LogP contribution < -0.4 is 10.2 Å². The molecule has 1 aliphatic rings. The summed E-state index contributed by atoms with van der Waals surface area (Å²) in [4.78, 5) is 26.7. The van der Waals surface area contributed by atoms with Crippen molar-refractivity contribution < 1.29 is 14.0 Å². The Morgan fingerprint density at radius 1 is 0.938 bits per heavy atom. The summed E-state index contributed by atoms with van der Waals surface area (Å²) in [5, 5.41) is 2.98. The van der Waals surface area contributed by atoms with E-state index in [-0.39, 0.29) is 24.2 Å². The minimum Gasteiger partial charge on any atom is -0.353 e. The van der Waals surface area contributed by atoms with Crippen molar-refractivity contribution in [3.8, 4) is 0 Å². The van der Waals surface area contributed by atoms with Crippen LogP contribution in [0.25, 0.3) is 6.08 Å². The van der Waals surface area contributed by atoms with Gasteiger partial charge in [-0.2, -0.15) is 0 Å². The molecule has 0 atom stereocenters. The number of hydrogen-bond acceptors (Lipinski definition) is 2. The SMILES string of the molecule is O=C(Cc1ccc(N(Cc2cccc(F)c2)C(=O)C=Cc2ccccc2)cc1)NC1CC1. The lowest BCUT2D eigenvalue weighted by Crippen LogP contribution is -2.29. The first kappa shape index (κ1) is 21.5. The molecule has 0 unspecified atom stereocenters. The topological polar surface area (TPSA) is 49.4 Å². The van der Waals surface area contributed by atoms with Crippen LogP contribution in [-0.2, 0) is 22.6 Å². The molecule has 4 nitrogen and oxygen atoms in total. The van der Waals surface area contributed by atoms with Crippen molar-refractivity contribution in [3.05, 3.63) is 107 Å². The average molecular weight is 429 g/mol. The third kappa shape index (κ3) is 6.14. The van der Waals surface area contributed by atoms with Crippen LogP contribution in [0.2, 0.25) is 0 Å². The second-order valence-electron chi connectivity index (χ2n) is 7.98. The predicted octanol–water partition coefficient (Wildman–Crippen LogP) is 4.89. The van der Waals surface area contributed by atoms with E-state index in [2.05, 4.69) is 5.32 Å². The molecule has 162 valence electrons. The van der Waals surface area contributed by atoms with Gasteiger partial charge >= 0.3 is 0 Å². The quantitative estimate of drug-likeness (QED) is 0.519. The highest BCUT2D eigenvalue weighted by atomic mass is 19.1. The van der Waals surface area contributed by atoms with Crippen LogP contribution in [0.3, 0.4) is 0 Å². The molecule has 1 N–H and O–H groups in total. The predicted molar refractivity (Wildman–Crippen MR) is 124 cm³/mol. The molecule has 32 heavy (non-hydrogen) atoms. The zero-order valence-electron chi connectivity index (χ0n) is 17.7. The molecular weight excluding hydrogens is 403 g/mol. The van der Waals surface area contributed by atoms with Gasteiger partial charge in [0.25, 0.3) is 5.91 Å². The summed E-state index contributed by atoms with van der Waals surface area (Å²) in [6.45, 7) is 0.233. The highest BCUT2D eigenvalue weighted by Gasteiger charge is 2.23. The van der Waals surface area contributed by atoms with Crippen molar-refractivity contribution in [2.45, 2.75) is 31.8 Å². The largest absolute Gasteiger partial charge is 0.353 e. The maximum absolute atomic E-state index is 13.7. The fourth-order valence-electron chi connectivity index (χ4n) is 3.42. The molecule has 5 heteroatoms. The first-order chi connectivity index (χ1) is 15.6. The summed E-state index contributed by atoms with van der Waals surface area (Å²) in [5.41, 5.74) is 3.18. The van der Waals surface area contributed by atoms with Crippen molar-refractivity contribution in [2.75, 3.05) is 4.90 Å². The Labute approximate surface area is 187 Å². The zero-order valence-corrected chi connectivity index (χ0v) is 17.7. The van der Waals surface area contributed by atoms with Gasteiger partial charge in [-0.25, -0.2) is 4.39 Å². The minimum atomic E-state index is -0.341. The molecule has 2 amide bonds. The van der Waals surface area contributed by atoms with Gasteiger partial charge in [-0.1, -0.05) is 54.6 Å². The van der Waals surface area contributed by atoms with E-state index in [0.717, 1.165) is 24.0 Å². The molecule has 0 saturated heterocycles. The summed E-state index contributed by atoms with van der Waals surface area (Å²) >= 11 is 0. The van der Waals surface area contributed by atoms with Gasteiger partial charge < -0.3 is 10.2 Å². The molecule has 0 aliphatic heterocycles. The van der Waals surface area contributed by atoms with Crippen LogP contribution in [0.4, 0.5) is 10.1 Å². The van der Waals surface area contributed by atoms with Crippen molar-refractivity contribution in [3.63, 3.8) is 0 Å². The van der Waals surface area contributed by atoms with Crippen molar-refractivity contribution in [2.24, 2.45) is 0 Å². The van der Waals surface area contributed by atoms with E-state index in [1.807, 2.05) is 54.6 Å².